The molecule has 3 N–H and O–H groups in total. The van der Waals surface area contributed by atoms with Crippen molar-refractivity contribution in [2.75, 3.05) is 13.2 Å². The smallest absolute Gasteiger partial charge is 0.305 e. The van der Waals surface area contributed by atoms with E-state index >= 15 is 0 Å². The van der Waals surface area contributed by atoms with Crippen molar-refractivity contribution in [1.29, 1.82) is 0 Å². The molecule has 1 heterocycles. The lowest BCUT2D eigenvalue weighted by Crippen LogP contribution is -2.23. The van der Waals surface area contributed by atoms with E-state index in [9.17, 15) is 19.4 Å². The number of carboxylic acids is 1. The molecule has 0 spiro atoms. The lowest BCUT2D eigenvalue weighted by molar-refractivity contribution is -0.161. The van der Waals surface area contributed by atoms with Gasteiger partial charge in [-0.05, 0) is 71.6 Å². The highest BCUT2D eigenvalue weighted by molar-refractivity contribution is 5.78. The topological polar surface area (TPSA) is 96.2 Å². The molecule has 0 aromatic heterocycles. The number of aliphatic carboxylic acids is 1. The first kappa shape index (κ1) is 28.0. The predicted octanol–water partition coefficient (Wildman–Crippen LogP) is 5.30. The van der Waals surface area contributed by atoms with Crippen molar-refractivity contribution in [1.82, 2.24) is 0 Å². The number of carbonyl (C=O) groups is 1. The summed E-state index contributed by atoms with van der Waals surface area (Å²) in [5.74, 6) is -1.27. The van der Waals surface area contributed by atoms with Crippen LogP contribution in [0.5, 0.6) is 0 Å². The van der Waals surface area contributed by atoms with Crippen molar-refractivity contribution in [2.45, 2.75) is 76.8 Å². The van der Waals surface area contributed by atoms with Crippen LogP contribution in [0.25, 0.3) is 17.2 Å². The summed E-state index contributed by atoms with van der Waals surface area (Å²) in [4.78, 5) is 10.8. The van der Waals surface area contributed by atoms with Crippen LogP contribution in [0.2, 0.25) is 0 Å². The van der Waals surface area contributed by atoms with E-state index in [4.69, 9.17) is 14.6 Å². The van der Waals surface area contributed by atoms with Crippen LogP contribution in [0.1, 0.15) is 68.6 Å². The molecule has 0 bridgehead atoms. The lowest BCUT2D eigenvalue weighted by Gasteiger charge is -2.23. The SMILES string of the molecule is CC(C)c1cc(CCOC2CCCCO2)cc(-c2ccc(F)cc2)c1C=CC(O)CC(O)CC(=O)O. The molecule has 2 aromatic rings. The van der Waals surface area contributed by atoms with E-state index in [0.29, 0.717) is 13.0 Å². The lowest BCUT2D eigenvalue weighted by atomic mass is 9.87. The highest BCUT2D eigenvalue weighted by Crippen LogP contribution is 2.34. The van der Waals surface area contributed by atoms with Gasteiger partial charge in [-0.15, -0.1) is 0 Å². The van der Waals surface area contributed by atoms with E-state index in [0.717, 1.165) is 53.7 Å². The Labute approximate surface area is 212 Å². The van der Waals surface area contributed by atoms with Crippen molar-refractivity contribution >= 4 is 12.0 Å². The Morgan fingerprint density at radius 1 is 1.19 bits per heavy atom. The average molecular weight is 501 g/mol. The zero-order valence-corrected chi connectivity index (χ0v) is 21.0. The molecule has 6 nitrogen and oxygen atoms in total. The van der Waals surface area contributed by atoms with Crippen molar-refractivity contribution in [3.63, 3.8) is 0 Å². The molecule has 0 saturated carbocycles. The minimum atomic E-state index is -1.14. The average Bonchev–Trinajstić information content (AvgIpc) is 2.83. The molecule has 3 rings (SSSR count). The third-order valence-electron chi connectivity index (χ3n) is 6.29. The van der Waals surface area contributed by atoms with Crippen LogP contribution in [0.15, 0.2) is 42.5 Å². The second-order valence-corrected chi connectivity index (χ2v) is 9.64. The molecule has 7 heteroatoms. The van der Waals surface area contributed by atoms with Crippen molar-refractivity contribution in [2.24, 2.45) is 0 Å². The summed E-state index contributed by atoms with van der Waals surface area (Å²) in [6, 6.07) is 10.5. The maximum Gasteiger partial charge on any atom is 0.305 e. The molecule has 2 aromatic carbocycles. The Bertz CT molecular complexity index is 1010. The van der Waals surface area contributed by atoms with Gasteiger partial charge >= 0.3 is 5.97 Å². The van der Waals surface area contributed by atoms with E-state index in [1.54, 1.807) is 18.2 Å². The molecule has 0 amide bonds. The predicted molar refractivity (Wildman–Crippen MR) is 137 cm³/mol. The van der Waals surface area contributed by atoms with E-state index in [1.165, 1.54) is 12.1 Å². The summed E-state index contributed by atoms with van der Waals surface area (Å²) in [7, 11) is 0. The molecule has 0 radical (unpaired) electrons. The number of aliphatic hydroxyl groups is 2. The van der Waals surface area contributed by atoms with Crippen LogP contribution in [-0.2, 0) is 20.7 Å². The van der Waals surface area contributed by atoms with Gasteiger partial charge in [0, 0.05) is 13.0 Å². The fourth-order valence-corrected chi connectivity index (χ4v) is 4.41. The summed E-state index contributed by atoms with van der Waals surface area (Å²) in [5, 5.41) is 29.1. The summed E-state index contributed by atoms with van der Waals surface area (Å²) in [6.07, 6.45) is 4.36. The van der Waals surface area contributed by atoms with Crippen molar-refractivity contribution in [3.8, 4) is 11.1 Å². The largest absolute Gasteiger partial charge is 0.481 e. The molecule has 1 fully saturated rings. The van der Waals surface area contributed by atoms with Gasteiger partial charge in [-0.25, -0.2) is 4.39 Å². The zero-order valence-electron chi connectivity index (χ0n) is 21.0. The monoisotopic (exact) mass is 500 g/mol. The third-order valence-corrected chi connectivity index (χ3v) is 6.29. The first-order chi connectivity index (χ1) is 17.2. The molecule has 3 unspecified atom stereocenters. The molecule has 196 valence electrons. The van der Waals surface area contributed by atoms with Gasteiger partial charge in [0.25, 0.3) is 0 Å². The Morgan fingerprint density at radius 3 is 2.58 bits per heavy atom. The van der Waals surface area contributed by atoms with Gasteiger partial charge in [0.2, 0.25) is 0 Å². The number of ether oxygens (including phenoxy) is 2. The first-order valence-electron chi connectivity index (χ1n) is 12.6. The Balaban J connectivity index is 1.88. The summed E-state index contributed by atoms with van der Waals surface area (Å²) < 4.78 is 25.3. The zero-order chi connectivity index (χ0) is 26.1. The number of rotatable bonds is 12. The highest BCUT2D eigenvalue weighted by Gasteiger charge is 2.17. The van der Waals surface area contributed by atoms with Gasteiger partial charge in [-0.3, -0.25) is 4.79 Å². The molecular formula is C29H37FO6. The summed E-state index contributed by atoms with van der Waals surface area (Å²) in [5.41, 5.74) is 4.79. The normalized spacial score (nSPS) is 18.0. The van der Waals surface area contributed by atoms with Gasteiger partial charge in [-0.2, -0.15) is 0 Å². The molecule has 36 heavy (non-hydrogen) atoms. The fourth-order valence-electron chi connectivity index (χ4n) is 4.41. The second kappa shape index (κ2) is 13.7. The Hall–Kier alpha value is -2.58. The fraction of sp³-hybridized carbons (Fsp3) is 0.483. The van der Waals surface area contributed by atoms with Crippen molar-refractivity contribution < 1.29 is 34.0 Å². The number of carboxylic acid groups (broad SMARTS) is 1. The molecule has 1 aliphatic rings. The quantitative estimate of drug-likeness (QED) is 0.366. The summed E-state index contributed by atoms with van der Waals surface area (Å²) in [6.45, 7) is 5.44. The minimum Gasteiger partial charge on any atom is -0.481 e. The molecule has 1 aliphatic heterocycles. The van der Waals surface area contributed by atoms with E-state index in [2.05, 4.69) is 26.0 Å². The minimum absolute atomic E-state index is 0.0790. The molecular weight excluding hydrogens is 463 g/mol. The van der Waals surface area contributed by atoms with Gasteiger partial charge in [0.05, 0.1) is 25.2 Å². The van der Waals surface area contributed by atoms with Crippen LogP contribution >= 0.6 is 0 Å². The van der Waals surface area contributed by atoms with Crippen LogP contribution < -0.4 is 0 Å². The third kappa shape index (κ3) is 8.52. The Morgan fingerprint density at radius 2 is 1.94 bits per heavy atom. The van der Waals surface area contributed by atoms with E-state index in [1.807, 2.05) is 6.08 Å². The first-order valence-corrected chi connectivity index (χ1v) is 12.6. The van der Waals surface area contributed by atoms with Gasteiger partial charge in [0.15, 0.2) is 6.29 Å². The molecule has 1 saturated heterocycles. The number of hydrogen-bond donors (Lipinski definition) is 3. The van der Waals surface area contributed by atoms with Gasteiger partial charge < -0.3 is 24.8 Å². The van der Waals surface area contributed by atoms with Gasteiger partial charge in [-0.1, -0.05) is 50.3 Å². The van der Waals surface area contributed by atoms with Gasteiger partial charge in [0.1, 0.15) is 5.82 Å². The molecule has 0 aliphatic carbocycles. The maximum absolute atomic E-state index is 13.7. The summed E-state index contributed by atoms with van der Waals surface area (Å²) >= 11 is 0. The highest BCUT2D eigenvalue weighted by atomic mass is 19.1. The number of aliphatic hydroxyl groups excluding tert-OH is 2. The maximum atomic E-state index is 13.7. The van der Waals surface area contributed by atoms with E-state index < -0.39 is 24.6 Å². The Kier molecular flexibility index (Phi) is 10.6. The standard InChI is InChI=1S/C29H37FO6/c1-19(2)26-15-20(12-14-36-29-5-3-4-13-35-29)16-27(21-6-8-22(30)9-7-21)25(26)11-10-23(31)17-24(32)18-28(33)34/h6-11,15-16,19,23-24,29,31-32H,3-5,12-14,17-18H2,1-2H3,(H,33,34). The molecule has 3 atom stereocenters. The van der Waals surface area contributed by atoms with Crippen LogP contribution in [0, 0.1) is 5.82 Å². The number of benzene rings is 2. The number of hydrogen-bond acceptors (Lipinski definition) is 5. The van der Waals surface area contributed by atoms with E-state index in [-0.39, 0.29) is 24.4 Å². The van der Waals surface area contributed by atoms with Crippen LogP contribution in [0.4, 0.5) is 4.39 Å². The van der Waals surface area contributed by atoms with Crippen molar-refractivity contribution in [3.05, 3.63) is 65.0 Å². The van der Waals surface area contributed by atoms with Crippen LogP contribution in [0.3, 0.4) is 0 Å². The second-order valence-electron chi connectivity index (χ2n) is 9.64. The number of halogens is 1. The van der Waals surface area contributed by atoms with Crippen LogP contribution in [-0.4, -0.2) is 53.0 Å².